The third kappa shape index (κ3) is 1.52. The van der Waals surface area contributed by atoms with Gasteiger partial charge >= 0.3 is 5.97 Å². The van der Waals surface area contributed by atoms with Crippen LogP contribution in [-0.2, 0) is 4.74 Å². The Balaban J connectivity index is 2.71. The van der Waals surface area contributed by atoms with Crippen LogP contribution in [0.2, 0.25) is 0 Å². The summed E-state index contributed by atoms with van der Waals surface area (Å²) in [5.41, 5.74) is 0.323. The lowest BCUT2D eigenvalue weighted by Crippen LogP contribution is -2.11. The van der Waals surface area contributed by atoms with Crippen molar-refractivity contribution in [3.05, 3.63) is 23.8 Å². The summed E-state index contributed by atoms with van der Waals surface area (Å²) in [5.74, 6) is -0.640. The van der Waals surface area contributed by atoms with Crippen LogP contribution < -0.4 is 0 Å². The predicted octanol–water partition coefficient (Wildman–Crippen LogP) is 0.113. The van der Waals surface area contributed by atoms with E-state index in [0.29, 0.717) is 0 Å². The number of Topliss-reactive ketones (excluding diaryl/α,β-unsaturated/α-hetero) is 1. The quantitative estimate of drug-likeness (QED) is 0.527. The fourth-order valence-corrected chi connectivity index (χ4v) is 1.29. The third-order valence-electron chi connectivity index (χ3n) is 2.04. The molecule has 0 amide bonds. The minimum absolute atomic E-state index is 0.0354. The summed E-state index contributed by atoms with van der Waals surface area (Å²) in [6.07, 6.45) is 1.36. The molecule has 0 N–H and O–H groups in total. The molecule has 7 heteroatoms. The average Bonchev–Trinajstić information content (AvgIpc) is 2.74. The number of fused-ring (bicyclic) bond motifs is 1. The number of nitrogens with zero attached hydrogens (tertiary/aromatic N) is 4. The molecule has 0 radical (unpaired) electrons. The van der Waals surface area contributed by atoms with E-state index in [1.165, 1.54) is 30.8 Å². The number of esters is 1. The van der Waals surface area contributed by atoms with Gasteiger partial charge < -0.3 is 4.74 Å². The number of methoxy groups -OCH3 is 1. The lowest BCUT2D eigenvalue weighted by Gasteiger charge is -2.03. The van der Waals surface area contributed by atoms with Crippen LogP contribution >= 0.6 is 0 Å². The molecule has 0 aliphatic carbocycles. The largest absolute Gasteiger partial charge is 0.464 e. The van der Waals surface area contributed by atoms with E-state index < -0.39 is 5.97 Å². The van der Waals surface area contributed by atoms with Crippen molar-refractivity contribution in [2.24, 2.45) is 0 Å². The summed E-state index contributed by atoms with van der Waals surface area (Å²) in [5, 5.41) is 7.30. The van der Waals surface area contributed by atoms with E-state index in [0.717, 1.165) is 0 Å². The van der Waals surface area contributed by atoms with Gasteiger partial charge in [-0.2, -0.15) is 0 Å². The number of ether oxygens (including phenoxy) is 1. The molecule has 2 rings (SSSR count). The molecule has 16 heavy (non-hydrogen) atoms. The van der Waals surface area contributed by atoms with E-state index in [4.69, 9.17) is 0 Å². The predicted molar refractivity (Wildman–Crippen MR) is 52.1 cm³/mol. The van der Waals surface area contributed by atoms with E-state index in [9.17, 15) is 9.59 Å². The van der Waals surface area contributed by atoms with Crippen LogP contribution in [0.3, 0.4) is 0 Å². The highest BCUT2D eigenvalue weighted by Crippen LogP contribution is 2.07. The standard InChI is InChI=1S/C9H8N4O3/c1-5(14)7-3-6(8(15)16-2)11-9-12-10-4-13(7)9/h3-4H,1-2H3. The molecule has 0 aromatic carbocycles. The molecule has 0 unspecified atom stereocenters. The molecule has 0 saturated heterocycles. The van der Waals surface area contributed by atoms with Gasteiger partial charge in [-0.25, -0.2) is 9.78 Å². The van der Waals surface area contributed by atoms with Gasteiger partial charge in [0.15, 0.2) is 11.5 Å². The zero-order valence-electron chi connectivity index (χ0n) is 8.67. The zero-order chi connectivity index (χ0) is 11.7. The Bertz CT molecular complexity index is 575. The zero-order valence-corrected chi connectivity index (χ0v) is 8.67. The van der Waals surface area contributed by atoms with Crippen LogP contribution in [0.25, 0.3) is 5.78 Å². The summed E-state index contributed by atoms with van der Waals surface area (Å²) in [4.78, 5) is 26.6. The van der Waals surface area contributed by atoms with Gasteiger partial charge in [0.25, 0.3) is 5.78 Å². The molecular weight excluding hydrogens is 212 g/mol. The van der Waals surface area contributed by atoms with Crippen molar-refractivity contribution >= 4 is 17.5 Å². The Morgan fingerprint density at radius 1 is 1.44 bits per heavy atom. The molecule has 82 valence electrons. The van der Waals surface area contributed by atoms with Gasteiger partial charge in [0.1, 0.15) is 6.33 Å². The molecule has 0 bridgehead atoms. The first-order valence-corrected chi connectivity index (χ1v) is 4.43. The SMILES string of the molecule is COC(=O)c1cc(C(C)=O)n2cnnc2n1. The second-order valence-corrected chi connectivity index (χ2v) is 3.08. The van der Waals surface area contributed by atoms with E-state index in [2.05, 4.69) is 19.9 Å². The second kappa shape index (κ2) is 3.69. The highest BCUT2D eigenvalue weighted by molar-refractivity contribution is 5.96. The summed E-state index contributed by atoms with van der Waals surface area (Å²) in [6.45, 7) is 1.38. The minimum Gasteiger partial charge on any atom is -0.464 e. The number of aromatic nitrogens is 4. The van der Waals surface area contributed by atoms with Crippen molar-refractivity contribution in [2.75, 3.05) is 7.11 Å². The Morgan fingerprint density at radius 2 is 2.19 bits per heavy atom. The molecule has 0 aliphatic heterocycles. The summed E-state index contributed by atoms with van der Waals surface area (Å²) in [7, 11) is 1.24. The van der Waals surface area contributed by atoms with Crippen LogP contribution in [0.5, 0.6) is 0 Å². The molecule has 0 aliphatic rings. The first kappa shape index (κ1) is 10.2. The Morgan fingerprint density at radius 3 is 2.81 bits per heavy atom. The fourth-order valence-electron chi connectivity index (χ4n) is 1.29. The van der Waals surface area contributed by atoms with Gasteiger partial charge in [-0.15, -0.1) is 10.2 Å². The number of carbonyl (C=O) groups excluding carboxylic acids is 2. The maximum Gasteiger partial charge on any atom is 0.356 e. The van der Waals surface area contributed by atoms with Gasteiger partial charge in [-0.05, 0) is 6.07 Å². The number of rotatable bonds is 2. The van der Waals surface area contributed by atoms with Crippen molar-refractivity contribution in [1.29, 1.82) is 0 Å². The second-order valence-electron chi connectivity index (χ2n) is 3.08. The fraction of sp³-hybridized carbons (Fsp3) is 0.222. The molecular formula is C9H8N4O3. The van der Waals surface area contributed by atoms with Crippen molar-refractivity contribution in [2.45, 2.75) is 6.92 Å². The third-order valence-corrected chi connectivity index (χ3v) is 2.04. The molecule has 0 saturated carbocycles. The highest BCUT2D eigenvalue weighted by atomic mass is 16.5. The van der Waals surface area contributed by atoms with Crippen molar-refractivity contribution < 1.29 is 14.3 Å². The Hall–Kier alpha value is -2.31. The summed E-state index contributed by atoms with van der Waals surface area (Å²) < 4.78 is 5.94. The maximum atomic E-state index is 11.4. The van der Waals surface area contributed by atoms with E-state index in [-0.39, 0.29) is 22.9 Å². The Kier molecular flexibility index (Phi) is 2.35. The van der Waals surface area contributed by atoms with Crippen LogP contribution in [-0.4, -0.2) is 38.4 Å². The van der Waals surface area contributed by atoms with Gasteiger partial charge in [0.2, 0.25) is 0 Å². The summed E-state index contributed by atoms with van der Waals surface area (Å²) in [6, 6.07) is 1.35. The van der Waals surface area contributed by atoms with Crippen LogP contribution in [0, 0.1) is 0 Å². The lowest BCUT2D eigenvalue weighted by atomic mass is 10.2. The van der Waals surface area contributed by atoms with Crippen LogP contribution in [0.4, 0.5) is 0 Å². The van der Waals surface area contributed by atoms with E-state index >= 15 is 0 Å². The minimum atomic E-state index is -0.618. The van der Waals surface area contributed by atoms with Crippen molar-refractivity contribution in [1.82, 2.24) is 19.6 Å². The van der Waals surface area contributed by atoms with Gasteiger partial charge in [0.05, 0.1) is 12.8 Å². The molecule has 2 aromatic heterocycles. The highest BCUT2D eigenvalue weighted by Gasteiger charge is 2.15. The number of ketones is 1. The Labute approximate surface area is 90.1 Å². The molecule has 2 heterocycles. The van der Waals surface area contributed by atoms with Crippen LogP contribution in [0.1, 0.15) is 27.9 Å². The molecule has 7 nitrogen and oxygen atoms in total. The van der Waals surface area contributed by atoms with Crippen LogP contribution in [0.15, 0.2) is 12.4 Å². The van der Waals surface area contributed by atoms with E-state index in [1.807, 2.05) is 0 Å². The first-order chi connectivity index (χ1) is 7.63. The van der Waals surface area contributed by atoms with Gasteiger partial charge in [-0.1, -0.05) is 0 Å². The molecule has 2 aromatic rings. The van der Waals surface area contributed by atoms with Gasteiger partial charge in [0, 0.05) is 6.92 Å². The lowest BCUT2D eigenvalue weighted by molar-refractivity contribution is 0.0594. The molecule has 0 atom stereocenters. The molecule has 0 fully saturated rings. The van der Waals surface area contributed by atoms with Gasteiger partial charge in [-0.3, -0.25) is 9.20 Å². The first-order valence-electron chi connectivity index (χ1n) is 4.43. The van der Waals surface area contributed by atoms with Crippen molar-refractivity contribution in [3.8, 4) is 0 Å². The normalized spacial score (nSPS) is 10.4. The van der Waals surface area contributed by atoms with Crippen molar-refractivity contribution in [3.63, 3.8) is 0 Å². The number of hydrogen-bond acceptors (Lipinski definition) is 6. The smallest absolute Gasteiger partial charge is 0.356 e. The topological polar surface area (TPSA) is 86.5 Å². The summed E-state index contributed by atoms with van der Waals surface area (Å²) >= 11 is 0. The maximum absolute atomic E-state index is 11.4. The monoisotopic (exact) mass is 220 g/mol. The van der Waals surface area contributed by atoms with E-state index in [1.54, 1.807) is 0 Å². The number of hydrogen-bond donors (Lipinski definition) is 0. The number of carbonyl (C=O) groups is 2. The molecule has 0 spiro atoms. The average molecular weight is 220 g/mol.